The van der Waals surface area contributed by atoms with Crippen LogP contribution in [0.3, 0.4) is 0 Å². The molecule has 2 heterocycles. The Morgan fingerprint density at radius 3 is 2.89 bits per heavy atom. The lowest BCUT2D eigenvalue weighted by molar-refractivity contribution is 0.0694. The molecule has 0 unspecified atom stereocenters. The molecule has 0 saturated heterocycles. The van der Waals surface area contributed by atoms with E-state index in [1.54, 1.807) is 0 Å². The number of carboxylic acid groups (broad SMARTS) is 1. The minimum absolute atomic E-state index is 0.241. The van der Waals surface area contributed by atoms with Crippen molar-refractivity contribution in [2.45, 2.75) is 6.54 Å². The Balaban J connectivity index is 2.33. The van der Waals surface area contributed by atoms with Crippen molar-refractivity contribution < 1.29 is 14.3 Å². The summed E-state index contributed by atoms with van der Waals surface area (Å²) < 4.78 is 14.4. The fourth-order valence-corrected chi connectivity index (χ4v) is 1.54. The minimum Gasteiger partial charge on any atom is -0.477 e. The van der Waals surface area contributed by atoms with Crippen LogP contribution in [0.25, 0.3) is 0 Å². The van der Waals surface area contributed by atoms with Crippen LogP contribution in [-0.4, -0.2) is 20.6 Å². The quantitative estimate of drug-likeness (QED) is 0.883. The molecular formula is C12H9FN2O3. The first-order valence-electron chi connectivity index (χ1n) is 5.09. The Kier molecular flexibility index (Phi) is 3.18. The highest BCUT2D eigenvalue weighted by Gasteiger charge is 2.08. The summed E-state index contributed by atoms with van der Waals surface area (Å²) >= 11 is 0. The van der Waals surface area contributed by atoms with Gasteiger partial charge in [0.25, 0.3) is 0 Å². The molecule has 0 fully saturated rings. The third-order valence-corrected chi connectivity index (χ3v) is 2.33. The molecule has 2 aromatic heterocycles. The molecule has 0 saturated carbocycles. The first-order chi connectivity index (χ1) is 8.56. The van der Waals surface area contributed by atoms with E-state index in [-0.39, 0.29) is 12.1 Å². The lowest BCUT2D eigenvalue weighted by Crippen LogP contribution is -2.16. The fraction of sp³-hybridized carbons (Fsp3) is 0.0833. The van der Waals surface area contributed by atoms with Gasteiger partial charge in [0.05, 0.1) is 6.20 Å². The molecule has 0 aliphatic heterocycles. The highest BCUT2D eigenvalue weighted by Crippen LogP contribution is 2.04. The van der Waals surface area contributed by atoms with Gasteiger partial charge in [-0.1, -0.05) is 0 Å². The summed E-state index contributed by atoms with van der Waals surface area (Å²) in [5.74, 6) is -1.75. The molecule has 0 spiro atoms. The summed E-state index contributed by atoms with van der Waals surface area (Å²) in [6.45, 7) is 0.241. The second-order valence-electron chi connectivity index (χ2n) is 3.71. The second-order valence-corrected chi connectivity index (χ2v) is 3.71. The van der Waals surface area contributed by atoms with Crippen molar-refractivity contribution in [2.24, 2.45) is 0 Å². The number of hydrogen-bond acceptors (Lipinski definition) is 3. The number of halogens is 1. The highest BCUT2D eigenvalue weighted by atomic mass is 19.1. The molecule has 5 nitrogen and oxygen atoms in total. The molecule has 6 heteroatoms. The lowest BCUT2D eigenvalue weighted by Gasteiger charge is -2.06. The number of nitrogens with zero attached hydrogens (tertiary/aromatic N) is 2. The van der Waals surface area contributed by atoms with Crippen molar-refractivity contribution in [1.82, 2.24) is 9.55 Å². The van der Waals surface area contributed by atoms with Crippen LogP contribution in [0.15, 0.2) is 41.7 Å². The van der Waals surface area contributed by atoms with Crippen LogP contribution in [0, 0.1) is 5.82 Å². The fourth-order valence-electron chi connectivity index (χ4n) is 1.54. The maximum atomic E-state index is 12.9. The molecule has 18 heavy (non-hydrogen) atoms. The predicted octanol–water partition coefficient (Wildman–Crippen LogP) is 1.13. The van der Waals surface area contributed by atoms with Crippen LogP contribution in [0.4, 0.5) is 4.39 Å². The van der Waals surface area contributed by atoms with Crippen molar-refractivity contribution in [3.63, 3.8) is 0 Å². The van der Waals surface area contributed by atoms with Crippen LogP contribution >= 0.6 is 0 Å². The van der Waals surface area contributed by atoms with Gasteiger partial charge in [-0.2, -0.15) is 0 Å². The van der Waals surface area contributed by atoms with E-state index in [9.17, 15) is 14.0 Å². The molecule has 0 radical (unpaired) electrons. The Hall–Kier alpha value is -2.50. The van der Waals surface area contributed by atoms with Gasteiger partial charge in [-0.25, -0.2) is 9.18 Å². The van der Waals surface area contributed by atoms with Gasteiger partial charge in [0.1, 0.15) is 11.4 Å². The molecular weight excluding hydrogens is 239 g/mol. The van der Waals surface area contributed by atoms with Gasteiger partial charge < -0.3 is 9.67 Å². The topological polar surface area (TPSA) is 72.2 Å². The summed E-state index contributed by atoms with van der Waals surface area (Å²) in [4.78, 5) is 25.7. The van der Waals surface area contributed by atoms with E-state index in [1.165, 1.54) is 29.2 Å². The summed E-state index contributed by atoms with van der Waals surface area (Å²) in [7, 11) is 0. The molecule has 92 valence electrons. The van der Waals surface area contributed by atoms with E-state index in [4.69, 9.17) is 5.11 Å². The third-order valence-electron chi connectivity index (χ3n) is 2.33. The molecule has 0 aliphatic rings. The largest absolute Gasteiger partial charge is 0.477 e. The number of aromatic carboxylic acids is 1. The van der Waals surface area contributed by atoms with Gasteiger partial charge in [0, 0.05) is 31.2 Å². The van der Waals surface area contributed by atoms with E-state index in [2.05, 4.69) is 4.98 Å². The van der Waals surface area contributed by atoms with Crippen molar-refractivity contribution >= 4 is 5.97 Å². The van der Waals surface area contributed by atoms with Gasteiger partial charge in [-0.05, 0) is 11.6 Å². The molecule has 2 aromatic rings. The van der Waals surface area contributed by atoms with E-state index in [0.29, 0.717) is 5.56 Å². The molecule has 2 rings (SSSR count). The molecule has 0 bridgehead atoms. The average molecular weight is 248 g/mol. The predicted molar refractivity (Wildman–Crippen MR) is 61.0 cm³/mol. The molecule has 0 amide bonds. The van der Waals surface area contributed by atoms with Crippen molar-refractivity contribution in [1.29, 1.82) is 0 Å². The second kappa shape index (κ2) is 4.79. The summed E-state index contributed by atoms with van der Waals surface area (Å²) in [5, 5.41) is 8.81. The first kappa shape index (κ1) is 12.0. The minimum atomic E-state index is -1.29. The zero-order valence-electron chi connectivity index (χ0n) is 9.21. The van der Waals surface area contributed by atoms with E-state index >= 15 is 0 Å². The smallest absolute Gasteiger partial charge is 0.341 e. The SMILES string of the molecule is O=C(O)c1cn(Cc2cncc(F)c2)ccc1=O. The zero-order chi connectivity index (χ0) is 13.1. The maximum absolute atomic E-state index is 12.9. The van der Waals surface area contributed by atoms with Gasteiger partial charge >= 0.3 is 5.97 Å². The molecule has 0 atom stereocenters. The summed E-state index contributed by atoms with van der Waals surface area (Å²) in [6.07, 6.45) is 5.22. The van der Waals surface area contributed by atoms with Crippen molar-refractivity contribution in [2.75, 3.05) is 0 Å². The van der Waals surface area contributed by atoms with Gasteiger partial charge in [0.15, 0.2) is 5.43 Å². The Morgan fingerprint density at radius 2 is 2.22 bits per heavy atom. The standard InChI is InChI=1S/C12H9FN2O3/c13-9-3-8(4-14-5-9)6-15-2-1-11(16)10(7-15)12(17)18/h1-5,7H,6H2,(H,17,18). The van der Waals surface area contributed by atoms with Gasteiger partial charge in [-0.15, -0.1) is 0 Å². The van der Waals surface area contributed by atoms with Crippen molar-refractivity contribution in [3.8, 4) is 0 Å². The van der Waals surface area contributed by atoms with Crippen LogP contribution in [0.5, 0.6) is 0 Å². The summed E-state index contributed by atoms with van der Waals surface area (Å²) in [5.41, 5.74) is -0.298. The highest BCUT2D eigenvalue weighted by molar-refractivity contribution is 5.86. The van der Waals surface area contributed by atoms with Crippen LogP contribution in [-0.2, 0) is 6.54 Å². The number of carbonyl (C=O) groups is 1. The van der Waals surface area contributed by atoms with Crippen LogP contribution in [0.2, 0.25) is 0 Å². The first-order valence-corrected chi connectivity index (χ1v) is 5.09. The number of rotatable bonds is 3. The number of pyridine rings is 2. The molecule has 1 N–H and O–H groups in total. The summed E-state index contributed by atoms with van der Waals surface area (Å²) in [6, 6.07) is 2.46. The molecule has 0 aliphatic carbocycles. The number of carboxylic acids is 1. The number of aromatic nitrogens is 2. The number of hydrogen-bond donors (Lipinski definition) is 1. The van der Waals surface area contributed by atoms with E-state index < -0.39 is 17.2 Å². The normalized spacial score (nSPS) is 10.3. The Morgan fingerprint density at radius 1 is 1.44 bits per heavy atom. The monoisotopic (exact) mass is 248 g/mol. The lowest BCUT2D eigenvalue weighted by atomic mass is 10.2. The Bertz CT molecular complexity index is 652. The van der Waals surface area contributed by atoms with Crippen molar-refractivity contribution in [3.05, 3.63) is 64.1 Å². The van der Waals surface area contributed by atoms with Gasteiger partial charge in [0.2, 0.25) is 0 Å². The maximum Gasteiger partial charge on any atom is 0.341 e. The van der Waals surface area contributed by atoms with Gasteiger partial charge in [-0.3, -0.25) is 9.78 Å². The van der Waals surface area contributed by atoms with E-state index in [1.807, 2.05) is 0 Å². The average Bonchev–Trinajstić information content (AvgIpc) is 2.31. The third kappa shape index (κ3) is 2.60. The van der Waals surface area contributed by atoms with E-state index in [0.717, 1.165) is 12.3 Å². The molecule has 0 aromatic carbocycles. The van der Waals surface area contributed by atoms with Crippen LogP contribution in [0.1, 0.15) is 15.9 Å². The van der Waals surface area contributed by atoms with Crippen LogP contribution < -0.4 is 5.43 Å². The zero-order valence-corrected chi connectivity index (χ0v) is 9.21. The Labute approximate surface area is 101 Å².